The maximum atomic E-state index is 12.7. The van der Waals surface area contributed by atoms with E-state index in [1.54, 1.807) is 0 Å². The minimum Gasteiger partial charge on any atom is -0.462 e. The minimum absolute atomic E-state index is 0.0521. The predicted octanol–water partition coefficient (Wildman–Crippen LogP) is 16.1. The lowest BCUT2D eigenvalue weighted by atomic mass is 10.1. The second kappa shape index (κ2) is 48.4. The molecule has 0 aromatic heterocycles. The molecule has 0 aromatic rings. The summed E-state index contributed by atoms with van der Waals surface area (Å²) in [4.78, 5) is 25.3. The minimum atomic E-state index is -0.566. The first-order chi connectivity index (χ1) is 28.6. The molecule has 0 N–H and O–H groups in total. The number of esters is 2. The molecule has 5 nitrogen and oxygen atoms in total. The van der Waals surface area contributed by atoms with Gasteiger partial charge >= 0.3 is 11.9 Å². The fourth-order valence-electron chi connectivity index (χ4n) is 6.30. The van der Waals surface area contributed by atoms with Crippen LogP contribution in [0.3, 0.4) is 0 Å². The molecule has 0 aromatic carbocycles. The van der Waals surface area contributed by atoms with Crippen LogP contribution in [0.2, 0.25) is 0 Å². The highest BCUT2D eigenvalue weighted by Crippen LogP contribution is 2.12. The maximum Gasteiger partial charge on any atom is 0.306 e. The summed E-state index contributed by atoms with van der Waals surface area (Å²) in [7, 11) is 0. The Morgan fingerprint density at radius 3 is 1.36 bits per heavy atom. The second-order valence-corrected chi connectivity index (χ2v) is 15.6. The van der Waals surface area contributed by atoms with Crippen molar-refractivity contribution in [3.63, 3.8) is 0 Å². The summed E-state index contributed by atoms with van der Waals surface area (Å²) in [5, 5.41) is 0. The van der Waals surface area contributed by atoms with Crippen molar-refractivity contribution in [1.29, 1.82) is 0 Å². The van der Waals surface area contributed by atoms with Crippen LogP contribution in [-0.4, -0.2) is 37.9 Å². The van der Waals surface area contributed by atoms with E-state index in [1.807, 2.05) is 0 Å². The van der Waals surface area contributed by atoms with Crippen LogP contribution in [-0.2, 0) is 23.8 Å². The molecule has 0 aliphatic heterocycles. The van der Waals surface area contributed by atoms with Crippen molar-refractivity contribution in [2.75, 3.05) is 19.8 Å². The monoisotopic (exact) mass is 807 g/mol. The lowest BCUT2D eigenvalue weighted by Crippen LogP contribution is -2.30. The van der Waals surface area contributed by atoms with Crippen molar-refractivity contribution in [2.24, 2.45) is 0 Å². The van der Waals surface area contributed by atoms with E-state index in [1.165, 1.54) is 83.5 Å². The zero-order valence-electron chi connectivity index (χ0n) is 38.0. The molecule has 0 bridgehead atoms. The van der Waals surface area contributed by atoms with E-state index in [4.69, 9.17) is 14.2 Å². The summed E-state index contributed by atoms with van der Waals surface area (Å²) in [6, 6.07) is 0. The predicted molar refractivity (Wildman–Crippen MR) is 251 cm³/mol. The normalized spacial score (nSPS) is 12.9. The van der Waals surface area contributed by atoms with Gasteiger partial charge in [-0.15, -0.1) is 0 Å². The Labute approximate surface area is 359 Å². The highest BCUT2D eigenvalue weighted by Gasteiger charge is 2.17. The lowest BCUT2D eigenvalue weighted by molar-refractivity contribution is -0.163. The van der Waals surface area contributed by atoms with Gasteiger partial charge in [0.1, 0.15) is 6.61 Å². The van der Waals surface area contributed by atoms with Gasteiger partial charge in [0.15, 0.2) is 6.10 Å². The maximum absolute atomic E-state index is 12.7. The van der Waals surface area contributed by atoms with Crippen molar-refractivity contribution in [3.8, 4) is 0 Å². The Bertz CT molecular complexity index is 1090. The summed E-state index contributed by atoms with van der Waals surface area (Å²) >= 11 is 0. The molecule has 5 heteroatoms. The Balaban J connectivity index is 4.37. The van der Waals surface area contributed by atoms with E-state index in [9.17, 15) is 9.59 Å². The van der Waals surface area contributed by atoms with Gasteiger partial charge in [0.05, 0.1) is 6.61 Å². The molecule has 0 saturated carbocycles. The van der Waals surface area contributed by atoms with E-state index in [2.05, 4.69) is 106 Å². The molecule has 0 aliphatic rings. The molecule has 58 heavy (non-hydrogen) atoms. The molecule has 1 unspecified atom stereocenters. The van der Waals surface area contributed by atoms with Crippen LogP contribution in [0.5, 0.6) is 0 Å². The number of hydrogen-bond donors (Lipinski definition) is 0. The zero-order valence-corrected chi connectivity index (χ0v) is 38.0. The van der Waals surface area contributed by atoms with Crippen LogP contribution >= 0.6 is 0 Å². The van der Waals surface area contributed by atoms with Crippen LogP contribution in [0.4, 0.5) is 0 Å². The zero-order chi connectivity index (χ0) is 42.1. The summed E-state index contributed by atoms with van der Waals surface area (Å²) < 4.78 is 17.3. The van der Waals surface area contributed by atoms with E-state index >= 15 is 0 Å². The highest BCUT2D eigenvalue weighted by molar-refractivity contribution is 5.70. The number of rotatable bonds is 43. The average Bonchev–Trinajstić information content (AvgIpc) is 3.22. The average molecular weight is 807 g/mol. The topological polar surface area (TPSA) is 61.8 Å². The number of unbranched alkanes of at least 4 members (excludes halogenated alkanes) is 18. The molecular formula is C53H90O5. The molecule has 0 saturated heterocycles. The molecule has 0 radical (unpaired) electrons. The van der Waals surface area contributed by atoms with Crippen LogP contribution in [0.25, 0.3) is 0 Å². The van der Waals surface area contributed by atoms with Gasteiger partial charge < -0.3 is 14.2 Å². The molecule has 0 heterocycles. The Morgan fingerprint density at radius 1 is 0.397 bits per heavy atom. The quantitative estimate of drug-likeness (QED) is 0.0349. The molecule has 0 amide bonds. The largest absolute Gasteiger partial charge is 0.462 e. The second-order valence-electron chi connectivity index (χ2n) is 15.6. The fraction of sp³-hybridized carbons (Fsp3) is 0.698. The van der Waals surface area contributed by atoms with E-state index < -0.39 is 6.10 Å². The van der Waals surface area contributed by atoms with Gasteiger partial charge in [-0.25, -0.2) is 0 Å². The third kappa shape index (κ3) is 45.8. The Hall–Kier alpha value is -2.92. The van der Waals surface area contributed by atoms with Crippen LogP contribution in [0.1, 0.15) is 213 Å². The fourth-order valence-corrected chi connectivity index (χ4v) is 6.30. The Kier molecular flexibility index (Phi) is 46.0. The van der Waals surface area contributed by atoms with Crippen molar-refractivity contribution in [2.45, 2.75) is 219 Å². The molecular weight excluding hydrogens is 717 g/mol. The van der Waals surface area contributed by atoms with Gasteiger partial charge in [-0.2, -0.15) is 0 Å². The van der Waals surface area contributed by atoms with Crippen molar-refractivity contribution >= 4 is 11.9 Å². The number of carbonyl (C=O) groups excluding carboxylic acids is 2. The van der Waals surface area contributed by atoms with E-state index in [0.29, 0.717) is 19.4 Å². The first-order valence-electron chi connectivity index (χ1n) is 24.1. The first-order valence-corrected chi connectivity index (χ1v) is 24.1. The molecule has 1 atom stereocenters. The molecule has 0 aliphatic carbocycles. The summed E-state index contributed by atoms with van der Waals surface area (Å²) in [5.74, 6) is -0.468. The number of hydrogen-bond acceptors (Lipinski definition) is 5. The van der Waals surface area contributed by atoms with Crippen molar-refractivity contribution < 1.29 is 23.8 Å². The summed E-state index contributed by atoms with van der Waals surface area (Å²) in [6.07, 6.45) is 63.0. The standard InChI is InChI=1S/C53H90O5/c1-4-7-10-13-16-19-22-25-27-29-31-34-37-40-43-46-52(54)57-50-51(49-56-48-45-42-39-36-33-30-26-23-20-17-14-11-8-5-2)58-53(55)47-44-41-38-35-32-28-24-21-18-15-12-9-6-3/h7,10,12,15-16,19-21,23-25,27,31,34,51H,4-6,8-9,11,13-14,17-18,22,26,28-30,32-33,35-50H2,1-3H3/b10-7-,15-12-,19-16-,23-20-,24-21-,27-25-,34-31-. The van der Waals surface area contributed by atoms with Crippen molar-refractivity contribution in [1.82, 2.24) is 0 Å². The summed E-state index contributed by atoms with van der Waals surface area (Å²) in [6.45, 7) is 7.56. The smallest absolute Gasteiger partial charge is 0.306 e. The summed E-state index contributed by atoms with van der Waals surface area (Å²) in [5.41, 5.74) is 0. The molecule has 0 rings (SSSR count). The van der Waals surface area contributed by atoms with Gasteiger partial charge in [-0.05, 0) is 109 Å². The van der Waals surface area contributed by atoms with Crippen LogP contribution in [0.15, 0.2) is 85.1 Å². The highest BCUT2D eigenvalue weighted by atomic mass is 16.6. The number of ether oxygens (including phenoxy) is 3. The third-order valence-electron chi connectivity index (χ3n) is 9.87. The lowest BCUT2D eigenvalue weighted by Gasteiger charge is -2.18. The van der Waals surface area contributed by atoms with E-state index in [0.717, 1.165) is 96.3 Å². The van der Waals surface area contributed by atoms with E-state index in [-0.39, 0.29) is 25.2 Å². The first kappa shape index (κ1) is 55.1. The van der Waals surface area contributed by atoms with Gasteiger partial charge in [-0.1, -0.05) is 176 Å². The molecule has 0 spiro atoms. The number of allylic oxidation sites excluding steroid dienone is 14. The number of carbonyl (C=O) groups is 2. The van der Waals surface area contributed by atoms with Crippen LogP contribution < -0.4 is 0 Å². The third-order valence-corrected chi connectivity index (χ3v) is 9.87. The van der Waals surface area contributed by atoms with Gasteiger partial charge in [0.2, 0.25) is 0 Å². The molecule has 0 fully saturated rings. The van der Waals surface area contributed by atoms with Gasteiger partial charge in [0.25, 0.3) is 0 Å². The molecule has 332 valence electrons. The van der Waals surface area contributed by atoms with Crippen LogP contribution in [0, 0.1) is 0 Å². The van der Waals surface area contributed by atoms with Gasteiger partial charge in [0, 0.05) is 19.4 Å². The van der Waals surface area contributed by atoms with Gasteiger partial charge in [-0.3, -0.25) is 9.59 Å². The van der Waals surface area contributed by atoms with Crippen molar-refractivity contribution in [3.05, 3.63) is 85.1 Å². The SMILES string of the molecule is CC/C=C\C/C=C\C/C=C\C/C=C\CCCCC(=O)OCC(COCCCCCCCC/C=C\CCCCCC)OC(=O)CCCCCCC/C=C\C/C=C\CCC. The Morgan fingerprint density at radius 2 is 0.810 bits per heavy atom.